The lowest BCUT2D eigenvalue weighted by Gasteiger charge is -2.17. The van der Waals surface area contributed by atoms with Gasteiger partial charge in [-0.3, -0.25) is 0 Å². The molecule has 102 valence electrons. The minimum Gasteiger partial charge on any atom is -0.493 e. The van der Waals surface area contributed by atoms with E-state index < -0.39 is 0 Å². The van der Waals surface area contributed by atoms with Gasteiger partial charge >= 0.3 is 0 Å². The third-order valence-electron chi connectivity index (χ3n) is 2.87. The van der Waals surface area contributed by atoms with Crippen LogP contribution in [0.5, 0.6) is 5.75 Å². The van der Waals surface area contributed by atoms with Gasteiger partial charge in [-0.1, -0.05) is 15.9 Å². The van der Waals surface area contributed by atoms with Crippen molar-refractivity contribution in [2.75, 3.05) is 27.4 Å². The molecule has 0 aliphatic heterocycles. The predicted octanol–water partition coefficient (Wildman–Crippen LogP) is 3.53. The lowest BCUT2D eigenvalue weighted by Crippen LogP contribution is -2.14. The molecule has 0 saturated carbocycles. The Hall–Kier alpha value is -0.580. The lowest BCUT2D eigenvalue weighted by molar-refractivity contribution is 0.184. The highest BCUT2D eigenvalue weighted by molar-refractivity contribution is 9.10. The Morgan fingerprint density at radius 3 is 2.67 bits per heavy atom. The lowest BCUT2D eigenvalue weighted by atomic mass is 10.1. The van der Waals surface area contributed by atoms with E-state index in [4.69, 9.17) is 9.47 Å². The predicted molar refractivity (Wildman–Crippen MR) is 78.2 cm³/mol. The summed E-state index contributed by atoms with van der Waals surface area (Å²) in [5, 5.41) is 3.24. The highest BCUT2D eigenvalue weighted by atomic mass is 79.9. The molecule has 18 heavy (non-hydrogen) atoms. The molecule has 0 aliphatic rings. The molecule has 0 saturated heterocycles. The molecule has 0 heterocycles. The van der Waals surface area contributed by atoms with Gasteiger partial charge in [0.25, 0.3) is 0 Å². The number of benzene rings is 1. The first-order chi connectivity index (χ1) is 8.69. The second-order valence-electron chi connectivity index (χ2n) is 4.24. The number of nitrogens with one attached hydrogen (secondary N) is 1. The first-order valence-electron chi connectivity index (χ1n) is 6.27. The summed E-state index contributed by atoms with van der Waals surface area (Å²) < 4.78 is 11.9. The Morgan fingerprint density at radius 1 is 1.28 bits per heavy atom. The van der Waals surface area contributed by atoms with Gasteiger partial charge in [0.15, 0.2) is 0 Å². The summed E-state index contributed by atoms with van der Waals surface area (Å²) in [7, 11) is 3.68. The van der Waals surface area contributed by atoms with Crippen molar-refractivity contribution in [3.8, 4) is 5.75 Å². The first kappa shape index (κ1) is 15.5. The van der Waals surface area contributed by atoms with Gasteiger partial charge < -0.3 is 14.8 Å². The normalized spacial score (nSPS) is 12.4. The molecular formula is C14H22BrNO2. The number of hydrogen-bond donors (Lipinski definition) is 1. The smallest absolute Gasteiger partial charge is 0.124 e. The minimum atomic E-state index is 0.275. The fourth-order valence-corrected chi connectivity index (χ4v) is 2.05. The van der Waals surface area contributed by atoms with Crippen LogP contribution in [0, 0.1) is 0 Å². The van der Waals surface area contributed by atoms with E-state index >= 15 is 0 Å². The topological polar surface area (TPSA) is 30.5 Å². The molecule has 0 spiro atoms. The van der Waals surface area contributed by atoms with Crippen molar-refractivity contribution in [3.63, 3.8) is 0 Å². The van der Waals surface area contributed by atoms with Crippen molar-refractivity contribution in [2.24, 2.45) is 0 Å². The number of methoxy groups -OCH3 is 1. The van der Waals surface area contributed by atoms with Gasteiger partial charge in [-0.2, -0.15) is 0 Å². The monoisotopic (exact) mass is 315 g/mol. The van der Waals surface area contributed by atoms with Crippen LogP contribution in [0.1, 0.15) is 31.4 Å². The molecule has 1 aromatic rings. The van der Waals surface area contributed by atoms with Crippen LogP contribution >= 0.6 is 15.9 Å². The SMILES string of the molecule is CNC(C)c1cc(Br)ccc1OCCCCOC. The molecule has 0 aromatic heterocycles. The van der Waals surface area contributed by atoms with Crippen LogP contribution in [0.2, 0.25) is 0 Å². The van der Waals surface area contributed by atoms with E-state index in [9.17, 15) is 0 Å². The molecule has 1 unspecified atom stereocenters. The van der Waals surface area contributed by atoms with Crippen molar-refractivity contribution >= 4 is 15.9 Å². The van der Waals surface area contributed by atoms with E-state index in [0.717, 1.165) is 36.3 Å². The fourth-order valence-electron chi connectivity index (χ4n) is 1.68. The van der Waals surface area contributed by atoms with Crippen molar-refractivity contribution < 1.29 is 9.47 Å². The maximum atomic E-state index is 5.85. The van der Waals surface area contributed by atoms with Gasteiger partial charge in [0.1, 0.15) is 5.75 Å². The third kappa shape index (κ3) is 4.96. The summed E-state index contributed by atoms with van der Waals surface area (Å²) in [6.07, 6.45) is 2.04. The van der Waals surface area contributed by atoms with Crippen LogP contribution < -0.4 is 10.1 Å². The summed E-state index contributed by atoms with van der Waals surface area (Å²) in [5.41, 5.74) is 1.18. The summed E-state index contributed by atoms with van der Waals surface area (Å²) in [4.78, 5) is 0. The number of unbranched alkanes of at least 4 members (excludes halogenated alkanes) is 1. The van der Waals surface area contributed by atoms with E-state index in [-0.39, 0.29) is 6.04 Å². The van der Waals surface area contributed by atoms with Crippen molar-refractivity contribution in [1.29, 1.82) is 0 Å². The molecule has 3 nitrogen and oxygen atoms in total. The van der Waals surface area contributed by atoms with E-state index in [0.29, 0.717) is 0 Å². The fraction of sp³-hybridized carbons (Fsp3) is 0.571. The minimum absolute atomic E-state index is 0.275. The van der Waals surface area contributed by atoms with Crippen molar-refractivity contribution in [2.45, 2.75) is 25.8 Å². The Bertz CT molecular complexity index is 358. The summed E-state index contributed by atoms with van der Waals surface area (Å²) >= 11 is 3.50. The quantitative estimate of drug-likeness (QED) is 0.744. The highest BCUT2D eigenvalue weighted by Crippen LogP contribution is 2.28. The molecule has 0 radical (unpaired) electrons. The highest BCUT2D eigenvalue weighted by Gasteiger charge is 2.10. The average Bonchev–Trinajstić information content (AvgIpc) is 2.39. The molecule has 0 fully saturated rings. The molecule has 1 atom stereocenters. The van der Waals surface area contributed by atoms with Gasteiger partial charge in [0.2, 0.25) is 0 Å². The summed E-state index contributed by atoms with van der Waals surface area (Å²) in [6.45, 7) is 3.65. The van der Waals surface area contributed by atoms with Gasteiger partial charge in [0, 0.05) is 29.8 Å². The number of halogens is 1. The van der Waals surface area contributed by atoms with Crippen molar-refractivity contribution in [1.82, 2.24) is 5.32 Å². The first-order valence-corrected chi connectivity index (χ1v) is 7.06. The van der Waals surface area contributed by atoms with Crippen LogP contribution in [0.3, 0.4) is 0 Å². The van der Waals surface area contributed by atoms with Gasteiger partial charge in [-0.25, -0.2) is 0 Å². The Labute approximate surface area is 118 Å². The Kier molecular flexibility index (Phi) is 7.32. The third-order valence-corrected chi connectivity index (χ3v) is 3.36. The number of hydrogen-bond acceptors (Lipinski definition) is 3. The number of ether oxygens (including phenoxy) is 2. The zero-order valence-corrected chi connectivity index (χ0v) is 12.9. The Balaban J connectivity index is 2.58. The van der Waals surface area contributed by atoms with Gasteiger partial charge in [-0.15, -0.1) is 0 Å². The molecule has 1 aromatic carbocycles. The van der Waals surface area contributed by atoms with Crippen LogP contribution in [0.4, 0.5) is 0 Å². The molecule has 0 amide bonds. The molecule has 4 heteroatoms. The van der Waals surface area contributed by atoms with Gasteiger partial charge in [0.05, 0.1) is 6.61 Å². The van der Waals surface area contributed by atoms with E-state index in [2.05, 4.69) is 34.2 Å². The number of rotatable bonds is 8. The molecular weight excluding hydrogens is 294 g/mol. The summed E-state index contributed by atoms with van der Waals surface area (Å²) in [5.74, 6) is 0.956. The molecule has 0 bridgehead atoms. The molecule has 1 rings (SSSR count). The zero-order chi connectivity index (χ0) is 13.4. The van der Waals surface area contributed by atoms with Crippen LogP contribution in [-0.2, 0) is 4.74 Å². The largest absolute Gasteiger partial charge is 0.493 e. The van der Waals surface area contributed by atoms with Crippen LogP contribution in [0.15, 0.2) is 22.7 Å². The molecule has 1 N–H and O–H groups in total. The van der Waals surface area contributed by atoms with E-state index in [1.165, 1.54) is 5.56 Å². The second kappa shape index (κ2) is 8.51. The zero-order valence-electron chi connectivity index (χ0n) is 11.3. The maximum Gasteiger partial charge on any atom is 0.124 e. The van der Waals surface area contributed by atoms with Crippen molar-refractivity contribution in [3.05, 3.63) is 28.2 Å². The van der Waals surface area contributed by atoms with E-state index in [1.807, 2.05) is 19.2 Å². The van der Waals surface area contributed by atoms with Gasteiger partial charge in [-0.05, 0) is 45.0 Å². The van der Waals surface area contributed by atoms with Crippen LogP contribution in [0.25, 0.3) is 0 Å². The molecule has 0 aliphatic carbocycles. The second-order valence-corrected chi connectivity index (χ2v) is 5.16. The Morgan fingerprint density at radius 2 is 2.00 bits per heavy atom. The van der Waals surface area contributed by atoms with E-state index in [1.54, 1.807) is 7.11 Å². The maximum absolute atomic E-state index is 5.85. The standard InChI is InChI=1S/C14H22BrNO2/c1-11(16-2)13-10-12(15)6-7-14(13)18-9-5-4-8-17-3/h6-7,10-11,16H,4-5,8-9H2,1-3H3. The average molecular weight is 316 g/mol. The van der Waals surface area contributed by atoms with Crippen LogP contribution in [-0.4, -0.2) is 27.4 Å². The summed E-state index contributed by atoms with van der Waals surface area (Å²) in [6, 6.07) is 6.41.